The van der Waals surface area contributed by atoms with Crippen LogP contribution in [0.5, 0.6) is 5.75 Å². The number of nitrogens with one attached hydrogen (secondary N) is 2. The molecule has 3 N–H and O–H groups in total. The Hall–Kier alpha value is -4.50. The highest BCUT2D eigenvalue weighted by Gasteiger charge is 2.33. The van der Waals surface area contributed by atoms with E-state index in [0.29, 0.717) is 30.2 Å². The van der Waals surface area contributed by atoms with Crippen LogP contribution in [-0.4, -0.2) is 95.8 Å². The molecule has 3 amide bonds. The van der Waals surface area contributed by atoms with Crippen LogP contribution in [-0.2, 0) is 21.8 Å². The number of likely N-dealkylation sites (N-methyl/N-ethyl adjacent to an activating group) is 1. The molecule has 0 radical (unpaired) electrons. The summed E-state index contributed by atoms with van der Waals surface area (Å²) in [6, 6.07) is 17.3. The molecule has 0 fully saturated rings. The number of sulfonamides is 1. The van der Waals surface area contributed by atoms with Crippen molar-refractivity contribution in [1.82, 2.24) is 18.8 Å². The maximum Gasteiger partial charge on any atom is 0.323 e. The van der Waals surface area contributed by atoms with Crippen LogP contribution < -0.4 is 15.4 Å². The van der Waals surface area contributed by atoms with E-state index in [1.54, 1.807) is 41.6 Å². The number of urea groups is 1. The minimum atomic E-state index is -3.90. The van der Waals surface area contributed by atoms with Crippen molar-refractivity contribution in [1.29, 1.82) is 0 Å². The SMILES string of the molecule is C[C@@H]1CCCCO[C@@H](CN(C)S(=O)(=O)c2cn(C)cn2)[C@@H](C)CN([C@@H](C)CO)C(=O)c2cc(NC(=O)Nc3cccc4ccccc34)ccc2O1. The molecule has 51 heavy (non-hydrogen) atoms. The molecule has 0 unspecified atom stereocenters. The number of carbonyl (C=O) groups is 2. The first-order valence-electron chi connectivity index (χ1n) is 17.2. The summed E-state index contributed by atoms with van der Waals surface area (Å²) < 4.78 is 42.1. The van der Waals surface area contributed by atoms with Crippen molar-refractivity contribution >= 4 is 44.1 Å². The number of benzene rings is 3. The Kier molecular flexibility index (Phi) is 12.3. The van der Waals surface area contributed by atoms with Crippen LogP contribution in [0.1, 0.15) is 50.4 Å². The molecule has 4 atom stereocenters. The number of aromatic nitrogens is 2. The summed E-state index contributed by atoms with van der Waals surface area (Å²) in [5.41, 5.74) is 1.25. The first-order chi connectivity index (χ1) is 24.4. The second kappa shape index (κ2) is 16.7. The minimum absolute atomic E-state index is 0.0333. The number of ether oxygens (including phenoxy) is 2. The lowest BCUT2D eigenvalue weighted by molar-refractivity contribution is -0.00835. The third kappa shape index (κ3) is 9.25. The van der Waals surface area contributed by atoms with Gasteiger partial charge in [-0.25, -0.2) is 18.2 Å². The normalized spacial score (nSPS) is 19.9. The number of aliphatic hydroxyl groups excluding tert-OH is 1. The summed E-state index contributed by atoms with van der Waals surface area (Å²) in [5.74, 6) is -0.390. The number of fused-ring (bicyclic) bond motifs is 2. The van der Waals surface area contributed by atoms with Gasteiger partial charge in [0.15, 0.2) is 5.03 Å². The van der Waals surface area contributed by atoms with Crippen LogP contribution in [0.3, 0.4) is 0 Å². The largest absolute Gasteiger partial charge is 0.490 e. The predicted molar refractivity (Wildman–Crippen MR) is 196 cm³/mol. The Balaban J connectivity index is 1.41. The Morgan fingerprint density at radius 3 is 2.61 bits per heavy atom. The summed E-state index contributed by atoms with van der Waals surface area (Å²) in [4.78, 5) is 33.2. The maximum absolute atomic E-state index is 14.5. The van der Waals surface area contributed by atoms with E-state index in [1.807, 2.05) is 56.3 Å². The van der Waals surface area contributed by atoms with Crippen molar-refractivity contribution in [3.63, 3.8) is 0 Å². The highest BCUT2D eigenvalue weighted by Crippen LogP contribution is 2.29. The second-order valence-electron chi connectivity index (χ2n) is 13.3. The van der Waals surface area contributed by atoms with E-state index in [2.05, 4.69) is 15.6 Å². The average Bonchev–Trinajstić information content (AvgIpc) is 3.56. The quantitative estimate of drug-likeness (QED) is 0.221. The number of amides is 3. The fraction of sp³-hybridized carbons (Fsp3) is 0.432. The topological polar surface area (TPSA) is 155 Å². The van der Waals surface area contributed by atoms with Crippen molar-refractivity contribution < 1.29 is 32.6 Å². The fourth-order valence-electron chi connectivity index (χ4n) is 6.12. The van der Waals surface area contributed by atoms with E-state index in [1.165, 1.54) is 23.9 Å². The number of imidazole rings is 1. The Bertz CT molecular complexity index is 1930. The van der Waals surface area contributed by atoms with Crippen molar-refractivity contribution in [2.45, 2.75) is 63.3 Å². The summed E-state index contributed by atoms with van der Waals surface area (Å²) in [5, 5.41) is 17.8. The number of rotatable bonds is 8. The van der Waals surface area contributed by atoms with E-state index in [9.17, 15) is 23.1 Å². The van der Waals surface area contributed by atoms with Crippen LogP contribution in [0.2, 0.25) is 0 Å². The van der Waals surface area contributed by atoms with Crippen LogP contribution >= 0.6 is 0 Å². The molecular weight excluding hydrogens is 673 g/mol. The van der Waals surface area contributed by atoms with Gasteiger partial charge in [-0.2, -0.15) is 4.31 Å². The number of hydrogen-bond donors (Lipinski definition) is 3. The molecule has 3 aromatic carbocycles. The van der Waals surface area contributed by atoms with E-state index in [0.717, 1.165) is 23.6 Å². The number of aryl methyl sites for hydroxylation is 1. The first-order valence-corrected chi connectivity index (χ1v) is 18.7. The van der Waals surface area contributed by atoms with Gasteiger partial charge in [0.1, 0.15) is 5.75 Å². The molecular formula is C37H48N6O7S. The lowest BCUT2D eigenvalue weighted by atomic mass is 10.0. The van der Waals surface area contributed by atoms with Crippen molar-refractivity contribution in [3.05, 3.63) is 78.8 Å². The van der Waals surface area contributed by atoms with Crippen LogP contribution in [0.15, 0.2) is 78.2 Å². The fourth-order valence-corrected chi connectivity index (χ4v) is 7.26. The van der Waals surface area contributed by atoms with Crippen LogP contribution in [0.25, 0.3) is 10.8 Å². The van der Waals surface area contributed by atoms with E-state index in [-0.39, 0.29) is 42.3 Å². The van der Waals surface area contributed by atoms with Crippen molar-refractivity contribution in [3.8, 4) is 5.75 Å². The summed E-state index contributed by atoms with van der Waals surface area (Å²) in [7, 11) is -0.703. The van der Waals surface area contributed by atoms with Gasteiger partial charge in [-0.05, 0) is 62.8 Å². The molecule has 2 heterocycles. The molecule has 4 aromatic rings. The Morgan fingerprint density at radius 1 is 1.10 bits per heavy atom. The van der Waals surface area contributed by atoms with Gasteiger partial charge < -0.3 is 34.7 Å². The molecule has 14 heteroatoms. The van der Waals surface area contributed by atoms with Gasteiger partial charge in [0.25, 0.3) is 15.9 Å². The third-order valence-corrected chi connectivity index (χ3v) is 10.8. The van der Waals surface area contributed by atoms with Gasteiger partial charge in [0, 0.05) is 57.0 Å². The van der Waals surface area contributed by atoms with Crippen molar-refractivity contribution in [2.24, 2.45) is 13.0 Å². The van der Waals surface area contributed by atoms with E-state index >= 15 is 0 Å². The summed E-state index contributed by atoms with van der Waals surface area (Å²) >= 11 is 0. The molecule has 274 valence electrons. The van der Waals surface area contributed by atoms with Gasteiger partial charge in [-0.1, -0.05) is 43.3 Å². The summed E-state index contributed by atoms with van der Waals surface area (Å²) in [6.45, 7) is 5.84. The smallest absolute Gasteiger partial charge is 0.323 e. The molecule has 0 saturated heterocycles. The monoisotopic (exact) mass is 720 g/mol. The molecule has 0 aliphatic carbocycles. The number of anilines is 2. The molecule has 5 rings (SSSR count). The van der Waals surface area contributed by atoms with E-state index < -0.39 is 34.1 Å². The Labute approximate surface area is 299 Å². The molecule has 0 saturated carbocycles. The average molecular weight is 721 g/mol. The highest BCUT2D eigenvalue weighted by atomic mass is 32.2. The number of aliphatic hydroxyl groups is 1. The van der Waals surface area contributed by atoms with Gasteiger partial charge in [0.2, 0.25) is 0 Å². The first kappa shape index (κ1) is 37.7. The molecule has 0 bridgehead atoms. The Morgan fingerprint density at radius 2 is 1.86 bits per heavy atom. The zero-order valence-electron chi connectivity index (χ0n) is 29.8. The van der Waals surface area contributed by atoms with Gasteiger partial charge in [-0.3, -0.25) is 4.79 Å². The molecule has 1 aromatic heterocycles. The highest BCUT2D eigenvalue weighted by molar-refractivity contribution is 7.89. The lowest BCUT2D eigenvalue weighted by Crippen LogP contribution is -2.48. The van der Waals surface area contributed by atoms with E-state index in [4.69, 9.17) is 9.47 Å². The minimum Gasteiger partial charge on any atom is -0.490 e. The van der Waals surface area contributed by atoms with Crippen LogP contribution in [0, 0.1) is 5.92 Å². The third-order valence-electron chi connectivity index (χ3n) is 9.14. The number of hydrogen-bond acceptors (Lipinski definition) is 8. The lowest BCUT2D eigenvalue weighted by Gasteiger charge is -2.35. The maximum atomic E-state index is 14.5. The molecule has 13 nitrogen and oxygen atoms in total. The van der Waals surface area contributed by atoms with Gasteiger partial charge in [-0.15, -0.1) is 0 Å². The molecule has 1 aliphatic heterocycles. The second-order valence-corrected chi connectivity index (χ2v) is 15.3. The molecule has 1 aliphatic rings. The van der Waals surface area contributed by atoms with Gasteiger partial charge >= 0.3 is 6.03 Å². The standard InChI is InChI=1S/C37H48N6O7S/c1-25-20-43(26(2)23-44)36(45)31-19-29(39-37(46)40-32-15-10-13-28-12-6-7-14-30(28)32)16-17-33(31)50-27(3)11-8-9-18-49-34(25)21-42(5)51(47,48)35-22-41(4)24-38-35/h6-7,10,12-17,19,22,24-27,34,44H,8-9,11,18,20-21,23H2,1-5H3,(H2,39,40,46)/t25-,26-,27+,34-/m0/s1. The van der Waals surface area contributed by atoms with Gasteiger partial charge in [0.05, 0.1) is 42.4 Å². The number of nitrogens with zero attached hydrogens (tertiary/aromatic N) is 4. The zero-order valence-corrected chi connectivity index (χ0v) is 30.6. The molecule has 0 spiro atoms. The van der Waals surface area contributed by atoms with Crippen LogP contribution in [0.4, 0.5) is 16.2 Å². The predicted octanol–water partition coefficient (Wildman–Crippen LogP) is 5.33. The summed E-state index contributed by atoms with van der Waals surface area (Å²) in [6.07, 6.45) is 4.28. The zero-order chi connectivity index (χ0) is 36.7. The van der Waals surface area contributed by atoms with Crippen molar-refractivity contribution in [2.75, 3.05) is 44.0 Å². The number of carbonyl (C=O) groups excluding carboxylic acids is 2.